The van der Waals surface area contributed by atoms with Gasteiger partial charge in [0.15, 0.2) is 0 Å². The Labute approximate surface area is 210 Å². The molecule has 0 aromatic heterocycles. The first-order chi connectivity index (χ1) is 17.1. The zero-order valence-electron chi connectivity index (χ0n) is 19.7. The number of benzene rings is 4. The summed E-state index contributed by atoms with van der Waals surface area (Å²) in [6, 6.07) is 27.8. The Morgan fingerprint density at radius 3 is 2.23 bits per heavy atom. The minimum atomic E-state index is -0.187. The van der Waals surface area contributed by atoms with Crippen molar-refractivity contribution >= 4 is 39.7 Å². The summed E-state index contributed by atoms with van der Waals surface area (Å²) in [5.41, 5.74) is 3.60. The lowest BCUT2D eigenvalue weighted by molar-refractivity contribution is 0.102. The van der Waals surface area contributed by atoms with E-state index >= 15 is 0 Å². The predicted octanol–water partition coefficient (Wildman–Crippen LogP) is 6.08. The first kappa shape index (κ1) is 23.2. The number of anilines is 2. The van der Waals surface area contributed by atoms with Crippen LogP contribution in [0.3, 0.4) is 0 Å². The molecule has 4 aromatic rings. The summed E-state index contributed by atoms with van der Waals surface area (Å²) in [4.78, 5) is 17.8. The molecule has 1 aliphatic heterocycles. The average molecular weight is 486 g/mol. The number of piperazine rings is 1. The summed E-state index contributed by atoms with van der Waals surface area (Å²) in [7, 11) is 1.59. The monoisotopic (exact) mass is 485 g/mol. The van der Waals surface area contributed by atoms with Crippen molar-refractivity contribution in [3.8, 4) is 5.75 Å². The summed E-state index contributed by atoms with van der Waals surface area (Å²) in [6.45, 7) is 4.72. The van der Waals surface area contributed by atoms with Crippen LogP contribution in [-0.4, -0.2) is 44.1 Å². The summed E-state index contributed by atoms with van der Waals surface area (Å²) in [6.07, 6.45) is 0. The van der Waals surface area contributed by atoms with E-state index in [1.807, 2.05) is 66.7 Å². The summed E-state index contributed by atoms with van der Waals surface area (Å²) < 4.78 is 5.48. The molecule has 0 radical (unpaired) electrons. The Kier molecular flexibility index (Phi) is 6.89. The highest BCUT2D eigenvalue weighted by Gasteiger charge is 2.19. The molecular formula is C29H28ClN3O2. The lowest BCUT2D eigenvalue weighted by Crippen LogP contribution is -2.46. The second-order valence-electron chi connectivity index (χ2n) is 8.76. The fraction of sp³-hybridized carbons (Fsp3) is 0.207. The van der Waals surface area contributed by atoms with Gasteiger partial charge >= 0.3 is 0 Å². The van der Waals surface area contributed by atoms with Gasteiger partial charge in [-0.25, -0.2) is 0 Å². The van der Waals surface area contributed by atoms with Crippen molar-refractivity contribution in [3.05, 3.63) is 101 Å². The van der Waals surface area contributed by atoms with Crippen LogP contribution in [0, 0.1) is 0 Å². The summed E-state index contributed by atoms with van der Waals surface area (Å²) in [5.74, 6) is 0.376. The lowest BCUT2D eigenvalue weighted by atomic mass is 10.1. The number of carbonyl (C=O) groups excluding carboxylic acids is 1. The zero-order chi connectivity index (χ0) is 24.2. The molecule has 5 nitrogen and oxygen atoms in total. The number of halogens is 1. The third-order valence-electron chi connectivity index (χ3n) is 6.53. The quantitative estimate of drug-likeness (QED) is 0.359. The summed E-state index contributed by atoms with van der Waals surface area (Å²) in [5, 5.41) is 5.88. The van der Waals surface area contributed by atoms with Gasteiger partial charge in [0.2, 0.25) is 0 Å². The lowest BCUT2D eigenvalue weighted by Gasteiger charge is -2.36. The molecule has 6 heteroatoms. The molecule has 1 heterocycles. The van der Waals surface area contributed by atoms with E-state index in [0.717, 1.165) is 59.9 Å². The Morgan fingerprint density at radius 2 is 1.54 bits per heavy atom. The normalized spacial score (nSPS) is 14.2. The van der Waals surface area contributed by atoms with Crippen molar-refractivity contribution in [2.45, 2.75) is 6.54 Å². The molecule has 0 aliphatic carbocycles. The first-order valence-electron chi connectivity index (χ1n) is 11.8. The molecule has 1 fully saturated rings. The van der Waals surface area contributed by atoms with E-state index in [0.29, 0.717) is 11.3 Å². The van der Waals surface area contributed by atoms with E-state index in [-0.39, 0.29) is 5.91 Å². The van der Waals surface area contributed by atoms with Crippen LogP contribution in [0.25, 0.3) is 10.8 Å². The van der Waals surface area contributed by atoms with Gasteiger partial charge < -0.3 is 15.0 Å². The maximum absolute atomic E-state index is 13.0. The van der Waals surface area contributed by atoms with Crippen LogP contribution in [0.1, 0.15) is 15.9 Å². The van der Waals surface area contributed by atoms with Crippen molar-refractivity contribution in [2.75, 3.05) is 43.5 Å². The SMILES string of the molecule is COc1cc2ccccc2cc1C(=O)Nc1ccc(N2CCN(Cc3ccccc3Cl)CC2)cc1. The minimum absolute atomic E-state index is 0.187. The molecule has 5 rings (SSSR count). The van der Waals surface area contributed by atoms with E-state index in [1.54, 1.807) is 7.11 Å². The highest BCUT2D eigenvalue weighted by molar-refractivity contribution is 6.31. The Bertz CT molecular complexity index is 1330. The van der Waals surface area contributed by atoms with Gasteiger partial charge in [-0.15, -0.1) is 0 Å². The minimum Gasteiger partial charge on any atom is -0.496 e. The second kappa shape index (κ2) is 10.4. The average Bonchev–Trinajstić information content (AvgIpc) is 2.90. The van der Waals surface area contributed by atoms with Gasteiger partial charge in [0, 0.05) is 49.1 Å². The van der Waals surface area contributed by atoms with E-state index in [1.165, 1.54) is 5.56 Å². The fourth-order valence-corrected chi connectivity index (χ4v) is 4.75. The van der Waals surface area contributed by atoms with Crippen molar-refractivity contribution in [1.29, 1.82) is 0 Å². The standard InChI is InChI=1S/C29H28ClN3O2/c1-35-28-19-22-7-3-2-6-21(22)18-26(28)29(34)31-24-10-12-25(13-11-24)33-16-14-32(15-17-33)20-23-8-4-5-9-27(23)30/h2-13,18-19H,14-17,20H2,1H3,(H,31,34). The van der Waals surface area contributed by atoms with Crippen molar-refractivity contribution in [2.24, 2.45) is 0 Å². The van der Waals surface area contributed by atoms with Crippen molar-refractivity contribution < 1.29 is 9.53 Å². The van der Waals surface area contributed by atoms with Crippen LogP contribution in [-0.2, 0) is 6.54 Å². The molecule has 178 valence electrons. The highest BCUT2D eigenvalue weighted by atomic mass is 35.5. The molecular weight excluding hydrogens is 458 g/mol. The Morgan fingerprint density at radius 1 is 0.886 bits per heavy atom. The van der Waals surface area contributed by atoms with Crippen LogP contribution >= 0.6 is 11.6 Å². The number of carbonyl (C=O) groups is 1. The van der Waals surface area contributed by atoms with Gasteiger partial charge in [0.05, 0.1) is 12.7 Å². The number of nitrogens with one attached hydrogen (secondary N) is 1. The van der Waals surface area contributed by atoms with Gasteiger partial charge in [0.1, 0.15) is 5.75 Å². The van der Waals surface area contributed by atoms with Crippen LogP contribution in [0.4, 0.5) is 11.4 Å². The van der Waals surface area contributed by atoms with Crippen LogP contribution in [0.5, 0.6) is 5.75 Å². The van der Waals surface area contributed by atoms with Crippen molar-refractivity contribution in [3.63, 3.8) is 0 Å². The topological polar surface area (TPSA) is 44.8 Å². The van der Waals surface area contributed by atoms with Gasteiger partial charge in [-0.3, -0.25) is 9.69 Å². The molecule has 1 aliphatic rings. The third-order valence-corrected chi connectivity index (χ3v) is 6.90. The Hall–Kier alpha value is -3.54. The molecule has 1 amide bonds. The first-order valence-corrected chi connectivity index (χ1v) is 12.2. The molecule has 0 bridgehead atoms. The van der Waals surface area contributed by atoms with Crippen LogP contribution in [0.15, 0.2) is 84.9 Å². The molecule has 4 aromatic carbocycles. The number of ether oxygens (including phenoxy) is 1. The van der Waals surface area contributed by atoms with Gasteiger partial charge in [-0.1, -0.05) is 54.1 Å². The van der Waals surface area contributed by atoms with Crippen LogP contribution < -0.4 is 15.0 Å². The number of amides is 1. The highest BCUT2D eigenvalue weighted by Crippen LogP contribution is 2.27. The van der Waals surface area contributed by atoms with E-state index in [9.17, 15) is 4.79 Å². The number of methoxy groups -OCH3 is 1. The number of hydrogen-bond donors (Lipinski definition) is 1. The second-order valence-corrected chi connectivity index (χ2v) is 9.16. The van der Waals surface area contributed by atoms with Gasteiger partial charge in [0.25, 0.3) is 5.91 Å². The third kappa shape index (κ3) is 5.26. The maximum Gasteiger partial charge on any atom is 0.259 e. The predicted molar refractivity (Wildman–Crippen MR) is 144 cm³/mol. The molecule has 0 saturated carbocycles. The number of fused-ring (bicyclic) bond motifs is 1. The Balaban J connectivity index is 1.21. The molecule has 1 saturated heterocycles. The smallest absolute Gasteiger partial charge is 0.259 e. The van der Waals surface area contributed by atoms with Gasteiger partial charge in [-0.05, 0) is 58.8 Å². The molecule has 35 heavy (non-hydrogen) atoms. The molecule has 0 atom stereocenters. The summed E-state index contributed by atoms with van der Waals surface area (Å²) >= 11 is 6.33. The fourth-order valence-electron chi connectivity index (χ4n) is 4.55. The maximum atomic E-state index is 13.0. The number of rotatable bonds is 6. The number of hydrogen-bond acceptors (Lipinski definition) is 4. The molecule has 0 spiro atoms. The van der Waals surface area contributed by atoms with Gasteiger partial charge in [-0.2, -0.15) is 0 Å². The van der Waals surface area contributed by atoms with E-state index in [2.05, 4.69) is 33.3 Å². The molecule has 1 N–H and O–H groups in total. The zero-order valence-corrected chi connectivity index (χ0v) is 20.5. The largest absolute Gasteiger partial charge is 0.496 e. The molecule has 0 unspecified atom stereocenters. The van der Waals surface area contributed by atoms with Crippen molar-refractivity contribution in [1.82, 2.24) is 4.90 Å². The number of nitrogens with zero attached hydrogens (tertiary/aromatic N) is 2. The van der Waals surface area contributed by atoms with E-state index < -0.39 is 0 Å². The van der Waals surface area contributed by atoms with Crippen LogP contribution in [0.2, 0.25) is 5.02 Å². The van der Waals surface area contributed by atoms with E-state index in [4.69, 9.17) is 16.3 Å².